The minimum atomic E-state index is -0.667. The average molecular weight is 409 g/mol. The van der Waals surface area contributed by atoms with Crippen molar-refractivity contribution in [1.82, 2.24) is 0 Å². The van der Waals surface area contributed by atoms with Crippen LogP contribution in [-0.2, 0) is 4.74 Å². The molecule has 0 saturated carbocycles. The molecule has 0 spiro atoms. The van der Waals surface area contributed by atoms with E-state index in [1.54, 1.807) is 24.3 Å². The van der Waals surface area contributed by atoms with Crippen molar-refractivity contribution in [2.45, 2.75) is 0 Å². The van der Waals surface area contributed by atoms with Gasteiger partial charge in [0.2, 0.25) is 11.5 Å². The third-order valence-corrected chi connectivity index (χ3v) is 4.10. The molecule has 2 aromatic carbocycles. The highest BCUT2D eigenvalue weighted by Gasteiger charge is 2.19. The standard InChI is InChI=1S/C18H17BrO6/c1-22-15-8-11(9-16(23-2)17(15)24-3)18(21)25-10-14(20)12-6-4-5-7-13(12)19/h4-9H,10H2,1-3H3. The number of carbonyl (C=O) groups is 2. The lowest BCUT2D eigenvalue weighted by Gasteiger charge is -2.13. The smallest absolute Gasteiger partial charge is 0.338 e. The van der Waals surface area contributed by atoms with Gasteiger partial charge in [-0.1, -0.05) is 34.1 Å². The maximum Gasteiger partial charge on any atom is 0.338 e. The number of rotatable bonds is 7. The number of halogens is 1. The van der Waals surface area contributed by atoms with Crippen LogP contribution in [0, 0.1) is 0 Å². The van der Waals surface area contributed by atoms with Gasteiger partial charge in [0.1, 0.15) is 0 Å². The number of ether oxygens (including phenoxy) is 4. The Bertz CT molecular complexity index is 762. The van der Waals surface area contributed by atoms with Gasteiger partial charge in [0.15, 0.2) is 18.1 Å². The highest BCUT2D eigenvalue weighted by atomic mass is 79.9. The largest absolute Gasteiger partial charge is 0.493 e. The molecule has 132 valence electrons. The average Bonchev–Trinajstić information content (AvgIpc) is 2.64. The lowest BCUT2D eigenvalue weighted by Crippen LogP contribution is -2.15. The molecule has 0 aliphatic heterocycles. The van der Waals surface area contributed by atoms with Crippen LogP contribution in [0.2, 0.25) is 0 Å². The van der Waals surface area contributed by atoms with Crippen molar-refractivity contribution in [3.05, 3.63) is 52.0 Å². The highest BCUT2D eigenvalue weighted by molar-refractivity contribution is 9.10. The molecular weight excluding hydrogens is 392 g/mol. The molecule has 0 heterocycles. The summed E-state index contributed by atoms with van der Waals surface area (Å²) >= 11 is 3.29. The van der Waals surface area contributed by atoms with Gasteiger partial charge in [-0.15, -0.1) is 0 Å². The Morgan fingerprint density at radius 3 is 2.08 bits per heavy atom. The number of esters is 1. The van der Waals surface area contributed by atoms with Gasteiger partial charge in [-0.3, -0.25) is 4.79 Å². The number of methoxy groups -OCH3 is 3. The van der Waals surface area contributed by atoms with E-state index in [0.717, 1.165) is 0 Å². The zero-order valence-corrected chi connectivity index (χ0v) is 15.6. The maximum atomic E-state index is 12.3. The van der Waals surface area contributed by atoms with Gasteiger partial charge >= 0.3 is 5.97 Å². The summed E-state index contributed by atoms with van der Waals surface area (Å²) in [5, 5.41) is 0. The van der Waals surface area contributed by atoms with Crippen molar-refractivity contribution < 1.29 is 28.5 Å². The molecular formula is C18H17BrO6. The van der Waals surface area contributed by atoms with Crippen LogP contribution in [0.1, 0.15) is 20.7 Å². The summed E-state index contributed by atoms with van der Waals surface area (Å²) in [5.74, 6) is 0.0376. The molecule has 0 aromatic heterocycles. The minimum absolute atomic E-state index is 0.189. The first-order valence-corrected chi connectivity index (χ1v) is 8.06. The Morgan fingerprint density at radius 2 is 1.56 bits per heavy atom. The van der Waals surface area contributed by atoms with Crippen LogP contribution >= 0.6 is 15.9 Å². The lowest BCUT2D eigenvalue weighted by molar-refractivity contribution is 0.0474. The van der Waals surface area contributed by atoms with Crippen molar-refractivity contribution in [3.63, 3.8) is 0 Å². The molecule has 0 aliphatic carbocycles. The Labute approximate surface area is 153 Å². The predicted octanol–water partition coefficient (Wildman–Crippen LogP) is 3.51. The van der Waals surface area contributed by atoms with Crippen LogP contribution in [0.3, 0.4) is 0 Å². The number of Topliss-reactive ketones (excluding diaryl/α,β-unsaturated/α-hetero) is 1. The van der Waals surface area contributed by atoms with Gasteiger partial charge in [0, 0.05) is 10.0 Å². The summed E-state index contributed by atoms with van der Waals surface area (Å²) in [5.41, 5.74) is 0.634. The molecule has 2 aromatic rings. The van der Waals surface area contributed by atoms with Gasteiger partial charge in [-0.2, -0.15) is 0 Å². The molecule has 0 N–H and O–H groups in total. The van der Waals surface area contributed by atoms with E-state index in [1.165, 1.54) is 33.5 Å². The maximum absolute atomic E-state index is 12.3. The highest BCUT2D eigenvalue weighted by Crippen LogP contribution is 2.38. The second-order valence-corrected chi connectivity index (χ2v) is 5.75. The molecule has 0 aliphatic rings. The van der Waals surface area contributed by atoms with Gasteiger partial charge < -0.3 is 18.9 Å². The van der Waals surface area contributed by atoms with Crippen LogP contribution in [0.5, 0.6) is 17.2 Å². The number of ketones is 1. The van der Waals surface area contributed by atoms with Gasteiger partial charge in [-0.05, 0) is 18.2 Å². The van der Waals surface area contributed by atoms with E-state index in [-0.39, 0.29) is 18.0 Å². The number of hydrogen-bond donors (Lipinski definition) is 0. The predicted molar refractivity (Wildman–Crippen MR) is 94.9 cm³/mol. The molecule has 25 heavy (non-hydrogen) atoms. The fourth-order valence-electron chi connectivity index (χ4n) is 2.18. The van der Waals surface area contributed by atoms with Crippen molar-refractivity contribution in [2.24, 2.45) is 0 Å². The van der Waals surface area contributed by atoms with Gasteiger partial charge in [0.25, 0.3) is 0 Å². The van der Waals surface area contributed by atoms with E-state index in [2.05, 4.69) is 15.9 Å². The number of benzene rings is 2. The Kier molecular flexibility index (Phi) is 6.41. The third kappa shape index (κ3) is 4.30. The lowest BCUT2D eigenvalue weighted by atomic mass is 10.1. The van der Waals surface area contributed by atoms with E-state index in [0.29, 0.717) is 27.3 Å². The molecule has 0 amide bonds. The first-order valence-electron chi connectivity index (χ1n) is 7.26. The Hall–Kier alpha value is -2.54. The molecule has 6 nitrogen and oxygen atoms in total. The van der Waals surface area contributed by atoms with Gasteiger partial charge in [0.05, 0.1) is 26.9 Å². The molecule has 0 radical (unpaired) electrons. The zero-order valence-electron chi connectivity index (χ0n) is 14.0. The topological polar surface area (TPSA) is 71.1 Å². The Balaban J connectivity index is 2.16. The molecule has 0 atom stereocenters. The summed E-state index contributed by atoms with van der Waals surface area (Å²) in [6.45, 7) is -0.377. The van der Waals surface area contributed by atoms with E-state index >= 15 is 0 Å². The molecule has 0 saturated heterocycles. The fraction of sp³-hybridized carbons (Fsp3) is 0.222. The van der Waals surface area contributed by atoms with Gasteiger partial charge in [-0.25, -0.2) is 4.79 Å². The van der Waals surface area contributed by atoms with E-state index in [9.17, 15) is 9.59 Å². The molecule has 2 rings (SSSR count). The molecule has 0 unspecified atom stereocenters. The van der Waals surface area contributed by atoms with Crippen LogP contribution in [-0.4, -0.2) is 39.7 Å². The number of carbonyl (C=O) groups excluding carboxylic acids is 2. The Morgan fingerprint density at radius 1 is 0.960 bits per heavy atom. The number of hydrogen-bond acceptors (Lipinski definition) is 6. The SMILES string of the molecule is COc1cc(C(=O)OCC(=O)c2ccccc2Br)cc(OC)c1OC. The van der Waals surface area contributed by atoms with E-state index in [4.69, 9.17) is 18.9 Å². The first kappa shape index (κ1) is 18.8. The monoisotopic (exact) mass is 408 g/mol. The summed E-state index contributed by atoms with van der Waals surface area (Å²) in [7, 11) is 4.36. The summed E-state index contributed by atoms with van der Waals surface area (Å²) in [4.78, 5) is 24.4. The normalized spacial score (nSPS) is 10.1. The van der Waals surface area contributed by atoms with Crippen molar-refractivity contribution in [2.75, 3.05) is 27.9 Å². The summed E-state index contributed by atoms with van der Waals surface area (Å²) < 4.78 is 21.3. The van der Waals surface area contributed by atoms with Crippen LogP contribution in [0.25, 0.3) is 0 Å². The summed E-state index contributed by atoms with van der Waals surface area (Å²) in [6, 6.07) is 9.86. The van der Waals surface area contributed by atoms with Crippen LogP contribution in [0.15, 0.2) is 40.9 Å². The minimum Gasteiger partial charge on any atom is -0.493 e. The van der Waals surface area contributed by atoms with Crippen LogP contribution in [0.4, 0.5) is 0 Å². The second-order valence-electron chi connectivity index (χ2n) is 4.89. The van der Waals surface area contributed by atoms with Crippen molar-refractivity contribution in [3.8, 4) is 17.2 Å². The molecule has 0 fully saturated rings. The zero-order chi connectivity index (χ0) is 18.4. The summed E-state index contributed by atoms with van der Waals surface area (Å²) in [6.07, 6.45) is 0. The molecule has 0 bridgehead atoms. The van der Waals surface area contributed by atoms with E-state index in [1.807, 2.05) is 0 Å². The quantitative estimate of drug-likeness (QED) is 0.515. The third-order valence-electron chi connectivity index (χ3n) is 3.41. The molecule has 7 heteroatoms. The fourth-order valence-corrected chi connectivity index (χ4v) is 2.68. The van der Waals surface area contributed by atoms with E-state index < -0.39 is 5.97 Å². The van der Waals surface area contributed by atoms with Crippen molar-refractivity contribution in [1.29, 1.82) is 0 Å². The second kappa shape index (κ2) is 8.53. The van der Waals surface area contributed by atoms with Crippen LogP contribution < -0.4 is 14.2 Å². The first-order chi connectivity index (χ1) is 12.0. The van der Waals surface area contributed by atoms with Crippen molar-refractivity contribution >= 4 is 27.7 Å².